The van der Waals surface area contributed by atoms with E-state index in [1.807, 2.05) is 6.08 Å². The number of aliphatic hydroxyl groups excluding tert-OH is 1. The van der Waals surface area contributed by atoms with Crippen LogP contribution in [0.15, 0.2) is 23.8 Å². The lowest BCUT2D eigenvalue weighted by molar-refractivity contribution is 0.208. The van der Waals surface area contributed by atoms with Gasteiger partial charge in [-0.05, 0) is 6.92 Å². The maximum Gasteiger partial charge on any atom is 0.0797 e. The average Bonchev–Trinajstić information content (AvgIpc) is 2.30. The Bertz CT molecular complexity index is 203. The Hall–Kier alpha value is -0.560. The van der Waals surface area contributed by atoms with Crippen LogP contribution in [0.25, 0.3) is 0 Å². The summed E-state index contributed by atoms with van der Waals surface area (Å²) in [5.41, 5.74) is 2.53. The van der Waals surface area contributed by atoms with E-state index in [0.717, 1.165) is 0 Å². The third-order valence-corrected chi connectivity index (χ3v) is 2.37. The molecule has 0 aromatic rings. The van der Waals surface area contributed by atoms with Crippen LogP contribution in [-0.2, 0) is 0 Å². The van der Waals surface area contributed by atoms with Gasteiger partial charge in [0.25, 0.3) is 0 Å². The van der Waals surface area contributed by atoms with E-state index in [2.05, 4.69) is 13.5 Å². The van der Waals surface area contributed by atoms with Crippen molar-refractivity contribution in [2.45, 2.75) is 13.0 Å². The van der Waals surface area contributed by atoms with E-state index in [4.69, 9.17) is 0 Å². The first-order valence-corrected chi connectivity index (χ1v) is 3.27. The molecule has 2 aliphatic carbocycles. The van der Waals surface area contributed by atoms with Crippen LogP contribution in [0.4, 0.5) is 0 Å². The molecule has 1 saturated carbocycles. The predicted octanol–water partition coefficient (Wildman–Crippen LogP) is 1.11. The Labute approximate surface area is 54.7 Å². The number of hydrogen-bond acceptors (Lipinski definition) is 1. The van der Waals surface area contributed by atoms with E-state index in [9.17, 15) is 5.11 Å². The van der Waals surface area contributed by atoms with Gasteiger partial charge in [-0.15, -0.1) is 0 Å². The van der Waals surface area contributed by atoms with Crippen LogP contribution in [0, 0.1) is 11.8 Å². The van der Waals surface area contributed by atoms with Crippen molar-refractivity contribution >= 4 is 0 Å². The molecule has 1 nitrogen and oxygen atoms in total. The number of hydrogen-bond donors (Lipinski definition) is 1. The third kappa shape index (κ3) is 0.479. The van der Waals surface area contributed by atoms with Crippen molar-refractivity contribution in [1.29, 1.82) is 0 Å². The largest absolute Gasteiger partial charge is 0.388 e. The van der Waals surface area contributed by atoms with Crippen LogP contribution < -0.4 is 0 Å². The first kappa shape index (κ1) is 5.24. The second-order valence-corrected chi connectivity index (χ2v) is 2.98. The normalized spacial score (nSPS) is 46.7. The first-order chi connectivity index (χ1) is 4.22. The van der Waals surface area contributed by atoms with Gasteiger partial charge in [0.1, 0.15) is 0 Å². The van der Waals surface area contributed by atoms with Crippen molar-refractivity contribution in [2.75, 3.05) is 0 Å². The van der Waals surface area contributed by atoms with Crippen LogP contribution in [0.2, 0.25) is 0 Å². The molecular weight excluding hydrogens is 112 g/mol. The maximum absolute atomic E-state index is 9.24. The minimum atomic E-state index is -0.220. The molecule has 0 aromatic heterocycles. The standard InChI is InChI=1S/C8H10O/c1-4-3-6(9)8-5(2)7(4)8/h3,6-9H,2H2,1H3. The number of aliphatic hydroxyl groups is 1. The highest BCUT2D eigenvalue weighted by atomic mass is 16.3. The number of fused-ring (bicyclic) bond motifs is 1. The van der Waals surface area contributed by atoms with Gasteiger partial charge in [-0.2, -0.15) is 0 Å². The van der Waals surface area contributed by atoms with Crippen LogP contribution in [0.5, 0.6) is 0 Å². The summed E-state index contributed by atoms with van der Waals surface area (Å²) in [5, 5.41) is 9.24. The van der Waals surface area contributed by atoms with Crippen LogP contribution >= 0.6 is 0 Å². The van der Waals surface area contributed by atoms with Crippen molar-refractivity contribution in [1.82, 2.24) is 0 Å². The molecule has 1 fully saturated rings. The van der Waals surface area contributed by atoms with Crippen LogP contribution in [0.3, 0.4) is 0 Å². The molecule has 48 valence electrons. The van der Waals surface area contributed by atoms with Gasteiger partial charge in [0.15, 0.2) is 0 Å². The van der Waals surface area contributed by atoms with Gasteiger partial charge in [0, 0.05) is 11.8 Å². The molecule has 0 aromatic carbocycles. The minimum Gasteiger partial charge on any atom is -0.388 e. The molecule has 0 bridgehead atoms. The highest BCUT2D eigenvalue weighted by Gasteiger charge is 2.51. The quantitative estimate of drug-likeness (QED) is 0.477. The second-order valence-electron chi connectivity index (χ2n) is 2.98. The van der Waals surface area contributed by atoms with Crippen molar-refractivity contribution in [2.24, 2.45) is 11.8 Å². The molecule has 1 heteroatoms. The summed E-state index contributed by atoms with van der Waals surface area (Å²) >= 11 is 0. The Morgan fingerprint density at radius 1 is 1.67 bits per heavy atom. The molecule has 0 spiro atoms. The van der Waals surface area contributed by atoms with E-state index in [0.29, 0.717) is 11.8 Å². The zero-order valence-corrected chi connectivity index (χ0v) is 5.46. The van der Waals surface area contributed by atoms with Gasteiger partial charge in [0.2, 0.25) is 0 Å². The van der Waals surface area contributed by atoms with Crippen molar-refractivity contribution < 1.29 is 5.11 Å². The summed E-state index contributed by atoms with van der Waals surface area (Å²) in [6.45, 7) is 5.91. The molecule has 0 amide bonds. The van der Waals surface area contributed by atoms with E-state index in [1.54, 1.807) is 0 Å². The number of rotatable bonds is 0. The summed E-state index contributed by atoms with van der Waals surface area (Å²) in [5.74, 6) is 0.935. The Kier molecular flexibility index (Phi) is 0.754. The SMILES string of the molecule is C=C1C2C(C)=CC(O)C12. The summed E-state index contributed by atoms with van der Waals surface area (Å²) in [7, 11) is 0. The molecule has 0 radical (unpaired) electrons. The fraction of sp³-hybridized carbons (Fsp3) is 0.500. The molecule has 2 aliphatic rings. The Morgan fingerprint density at radius 2 is 2.33 bits per heavy atom. The lowest BCUT2D eigenvalue weighted by Gasteiger charge is -1.95. The zero-order valence-electron chi connectivity index (χ0n) is 5.46. The lowest BCUT2D eigenvalue weighted by atomic mass is 10.2. The fourth-order valence-electron chi connectivity index (χ4n) is 1.81. The lowest BCUT2D eigenvalue weighted by Crippen LogP contribution is -2.01. The zero-order chi connectivity index (χ0) is 6.59. The predicted molar refractivity (Wildman–Crippen MR) is 35.9 cm³/mol. The summed E-state index contributed by atoms with van der Waals surface area (Å²) in [4.78, 5) is 0. The van der Waals surface area contributed by atoms with Crippen molar-refractivity contribution in [3.05, 3.63) is 23.8 Å². The van der Waals surface area contributed by atoms with E-state index in [1.165, 1.54) is 11.1 Å². The number of allylic oxidation sites excluding steroid dienone is 1. The smallest absolute Gasteiger partial charge is 0.0797 e. The van der Waals surface area contributed by atoms with Crippen LogP contribution in [0.1, 0.15) is 6.92 Å². The fourth-order valence-corrected chi connectivity index (χ4v) is 1.81. The minimum absolute atomic E-state index is 0.220. The topological polar surface area (TPSA) is 20.2 Å². The third-order valence-electron chi connectivity index (χ3n) is 2.37. The molecule has 0 heterocycles. The highest BCUT2D eigenvalue weighted by molar-refractivity contribution is 5.45. The molecule has 1 N–H and O–H groups in total. The highest BCUT2D eigenvalue weighted by Crippen LogP contribution is 2.55. The molecule has 0 aliphatic heterocycles. The summed E-state index contributed by atoms with van der Waals surface area (Å²) in [6, 6.07) is 0. The molecule has 3 atom stereocenters. The Balaban J connectivity index is 2.32. The second kappa shape index (κ2) is 1.29. The average molecular weight is 122 g/mol. The van der Waals surface area contributed by atoms with E-state index in [-0.39, 0.29) is 6.10 Å². The molecular formula is C8H10O. The van der Waals surface area contributed by atoms with E-state index >= 15 is 0 Å². The first-order valence-electron chi connectivity index (χ1n) is 3.27. The Morgan fingerprint density at radius 3 is 2.56 bits per heavy atom. The van der Waals surface area contributed by atoms with Crippen LogP contribution in [-0.4, -0.2) is 11.2 Å². The van der Waals surface area contributed by atoms with Gasteiger partial charge >= 0.3 is 0 Å². The van der Waals surface area contributed by atoms with Crippen molar-refractivity contribution in [3.8, 4) is 0 Å². The molecule has 9 heavy (non-hydrogen) atoms. The van der Waals surface area contributed by atoms with Gasteiger partial charge in [-0.3, -0.25) is 0 Å². The van der Waals surface area contributed by atoms with Gasteiger partial charge in [-0.1, -0.05) is 23.8 Å². The monoisotopic (exact) mass is 122 g/mol. The maximum atomic E-state index is 9.24. The van der Waals surface area contributed by atoms with Gasteiger partial charge < -0.3 is 5.11 Å². The van der Waals surface area contributed by atoms with Gasteiger partial charge in [0.05, 0.1) is 6.10 Å². The summed E-state index contributed by atoms with van der Waals surface area (Å²) in [6.07, 6.45) is 1.71. The molecule has 0 saturated heterocycles. The summed E-state index contributed by atoms with van der Waals surface area (Å²) < 4.78 is 0. The molecule has 3 unspecified atom stereocenters. The van der Waals surface area contributed by atoms with Crippen molar-refractivity contribution in [3.63, 3.8) is 0 Å². The van der Waals surface area contributed by atoms with Gasteiger partial charge in [-0.25, -0.2) is 0 Å². The molecule has 2 rings (SSSR count). The van der Waals surface area contributed by atoms with E-state index < -0.39 is 0 Å².